The molecule has 96 valence electrons. The monoisotopic (exact) mass is 227 g/mol. The largest absolute Gasteiger partial charge is 0.378 e. The van der Waals surface area contributed by atoms with Gasteiger partial charge in [-0.1, -0.05) is 40.0 Å². The molecule has 0 bridgehead atoms. The molecular weight excluding hydrogens is 198 g/mol. The molecule has 0 aromatic rings. The first-order valence-corrected chi connectivity index (χ1v) is 7.06. The summed E-state index contributed by atoms with van der Waals surface area (Å²) in [6.07, 6.45) is 7.05. The van der Waals surface area contributed by atoms with E-state index in [0.29, 0.717) is 6.10 Å². The fourth-order valence-corrected chi connectivity index (χ4v) is 2.40. The molecule has 2 nitrogen and oxygen atoms in total. The molecule has 2 atom stereocenters. The van der Waals surface area contributed by atoms with Crippen molar-refractivity contribution in [3.8, 4) is 0 Å². The van der Waals surface area contributed by atoms with Crippen molar-refractivity contribution in [1.29, 1.82) is 0 Å². The molecule has 2 unspecified atom stereocenters. The number of rotatable bonds is 8. The lowest BCUT2D eigenvalue weighted by Crippen LogP contribution is -2.30. The summed E-state index contributed by atoms with van der Waals surface area (Å²) in [6, 6.07) is 0. The van der Waals surface area contributed by atoms with Gasteiger partial charge in [-0.15, -0.1) is 0 Å². The normalized spacial score (nSPS) is 25.5. The van der Waals surface area contributed by atoms with E-state index >= 15 is 0 Å². The first kappa shape index (κ1) is 14.0. The van der Waals surface area contributed by atoms with E-state index in [1.165, 1.54) is 32.1 Å². The molecule has 0 aliphatic carbocycles. The Balaban J connectivity index is 2.13. The van der Waals surface area contributed by atoms with Crippen molar-refractivity contribution in [3.63, 3.8) is 0 Å². The Morgan fingerprint density at radius 1 is 1.31 bits per heavy atom. The zero-order valence-electron chi connectivity index (χ0n) is 11.3. The Kier molecular flexibility index (Phi) is 7.06. The molecule has 1 fully saturated rings. The van der Waals surface area contributed by atoms with Gasteiger partial charge in [0.25, 0.3) is 0 Å². The summed E-state index contributed by atoms with van der Waals surface area (Å²) in [6.45, 7) is 10.0. The van der Waals surface area contributed by atoms with Crippen LogP contribution in [-0.4, -0.2) is 25.8 Å². The molecule has 0 radical (unpaired) electrons. The summed E-state index contributed by atoms with van der Waals surface area (Å²) >= 11 is 0. The third kappa shape index (κ3) is 5.31. The zero-order valence-corrected chi connectivity index (χ0v) is 11.3. The second-order valence-corrected chi connectivity index (χ2v) is 5.51. The van der Waals surface area contributed by atoms with Crippen molar-refractivity contribution in [2.45, 2.75) is 59.0 Å². The molecule has 16 heavy (non-hydrogen) atoms. The molecule has 0 aromatic carbocycles. The molecule has 1 saturated heterocycles. The first-order valence-electron chi connectivity index (χ1n) is 7.06. The van der Waals surface area contributed by atoms with E-state index < -0.39 is 0 Å². The molecule has 1 N–H and O–H groups in total. The Morgan fingerprint density at radius 3 is 2.81 bits per heavy atom. The second-order valence-electron chi connectivity index (χ2n) is 5.51. The van der Waals surface area contributed by atoms with Gasteiger partial charge in [0.2, 0.25) is 0 Å². The number of nitrogens with one attached hydrogen (secondary N) is 1. The Hall–Kier alpha value is -0.0800. The molecular formula is C14H29NO. The van der Waals surface area contributed by atoms with Gasteiger partial charge in [-0.2, -0.15) is 0 Å². The van der Waals surface area contributed by atoms with Gasteiger partial charge in [0, 0.05) is 13.2 Å². The number of hydrogen-bond donors (Lipinski definition) is 1. The number of hydrogen-bond acceptors (Lipinski definition) is 2. The highest BCUT2D eigenvalue weighted by atomic mass is 16.5. The van der Waals surface area contributed by atoms with Crippen LogP contribution < -0.4 is 5.32 Å². The lowest BCUT2D eigenvalue weighted by atomic mass is 9.96. The zero-order chi connectivity index (χ0) is 11.8. The second kappa shape index (κ2) is 8.08. The minimum atomic E-state index is 0.534. The summed E-state index contributed by atoms with van der Waals surface area (Å²) in [4.78, 5) is 0. The topological polar surface area (TPSA) is 21.3 Å². The van der Waals surface area contributed by atoms with Crippen LogP contribution in [0.15, 0.2) is 0 Å². The molecule has 1 heterocycles. The van der Waals surface area contributed by atoms with Crippen LogP contribution in [-0.2, 0) is 4.74 Å². The van der Waals surface area contributed by atoms with Crippen LogP contribution in [0, 0.1) is 11.8 Å². The summed E-state index contributed by atoms with van der Waals surface area (Å²) in [5.74, 6) is 1.51. The first-order chi connectivity index (χ1) is 7.74. The highest BCUT2D eigenvalue weighted by molar-refractivity contribution is 4.78. The van der Waals surface area contributed by atoms with E-state index in [1.807, 2.05) is 0 Å². The molecule has 0 aromatic heterocycles. The van der Waals surface area contributed by atoms with E-state index in [-0.39, 0.29) is 0 Å². The van der Waals surface area contributed by atoms with Crippen LogP contribution in [0.2, 0.25) is 0 Å². The number of ether oxygens (including phenoxy) is 1. The van der Waals surface area contributed by atoms with E-state index in [0.717, 1.165) is 31.5 Å². The Labute approximate surface area is 101 Å². The summed E-state index contributed by atoms with van der Waals surface area (Å²) in [7, 11) is 0. The lowest BCUT2D eigenvalue weighted by Gasteiger charge is -2.19. The minimum Gasteiger partial charge on any atom is -0.378 e. The summed E-state index contributed by atoms with van der Waals surface area (Å²) in [5, 5.41) is 3.57. The van der Waals surface area contributed by atoms with E-state index in [1.54, 1.807) is 0 Å². The fraction of sp³-hybridized carbons (Fsp3) is 1.00. The van der Waals surface area contributed by atoms with Gasteiger partial charge in [0.05, 0.1) is 6.10 Å². The van der Waals surface area contributed by atoms with Crippen molar-refractivity contribution in [1.82, 2.24) is 5.32 Å². The van der Waals surface area contributed by atoms with Gasteiger partial charge in [-0.25, -0.2) is 0 Å². The molecule has 0 spiro atoms. The molecule has 1 aliphatic heterocycles. The molecule has 1 rings (SSSR count). The van der Waals surface area contributed by atoms with Crippen molar-refractivity contribution >= 4 is 0 Å². The van der Waals surface area contributed by atoms with Crippen molar-refractivity contribution in [2.24, 2.45) is 11.8 Å². The average molecular weight is 227 g/mol. The Morgan fingerprint density at radius 2 is 2.12 bits per heavy atom. The van der Waals surface area contributed by atoms with Crippen molar-refractivity contribution in [2.75, 3.05) is 19.7 Å². The SMILES string of the molecule is CCCCCC1OCCC1CNCC(C)C. The van der Waals surface area contributed by atoms with Crippen LogP contribution in [0.5, 0.6) is 0 Å². The van der Waals surface area contributed by atoms with Crippen LogP contribution in [0.25, 0.3) is 0 Å². The molecule has 0 saturated carbocycles. The van der Waals surface area contributed by atoms with Gasteiger partial charge in [0.1, 0.15) is 0 Å². The van der Waals surface area contributed by atoms with Gasteiger partial charge < -0.3 is 10.1 Å². The smallest absolute Gasteiger partial charge is 0.0616 e. The lowest BCUT2D eigenvalue weighted by molar-refractivity contribution is 0.0809. The predicted octanol–water partition coefficient (Wildman–Crippen LogP) is 3.22. The van der Waals surface area contributed by atoms with E-state index in [9.17, 15) is 0 Å². The predicted molar refractivity (Wildman–Crippen MR) is 69.7 cm³/mol. The highest BCUT2D eigenvalue weighted by Crippen LogP contribution is 2.24. The third-order valence-electron chi connectivity index (χ3n) is 3.40. The van der Waals surface area contributed by atoms with Crippen LogP contribution in [0.1, 0.15) is 52.9 Å². The maximum absolute atomic E-state index is 5.83. The van der Waals surface area contributed by atoms with Gasteiger partial charge in [-0.3, -0.25) is 0 Å². The van der Waals surface area contributed by atoms with Crippen molar-refractivity contribution < 1.29 is 4.74 Å². The highest BCUT2D eigenvalue weighted by Gasteiger charge is 2.27. The van der Waals surface area contributed by atoms with Crippen molar-refractivity contribution in [3.05, 3.63) is 0 Å². The van der Waals surface area contributed by atoms with Crippen LogP contribution >= 0.6 is 0 Å². The quantitative estimate of drug-likeness (QED) is 0.643. The number of unbranched alkanes of at least 4 members (excludes halogenated alkanes) is 2. The molecule has 1 aliphatic rings. The maximum atomic E-state index is 5.83. The van der Waals surface area contributed by atoms with Gasteiger partial charge >= 0.3 is 0 Å². The van der Waals surface area contributed by atoms with E-state index in [4.69, 9.17) is 4.74 Å². The summed E-state index contributed by atoms with van der Waals surface area (Å²) in [5.41, 5.74) is 0. The standard InChI is InChI=1S/C14H29NO/c1-4-5-6-7-14-13(8-9-16-14)11-15-10-12(2)3/h12-15H,4-11H2,1-3H3. The molecule has 0 amide bonds. The third-order valence-corrected chi connectivity index (χ3v) is 3.40. The van der Waals surface area contributed by atoms with Crippen LogP contribution in [0.3, 0.4) is 0 Å². The average Bonchev–Trinajstić information content (AvgIpc) is 2.66. The van der Waals surface area contributed by atoms with Gasteiger partial charge in [-0.05, 0) is 31.2 Å². The maximum Gasteiger partial charge on any atom is 0.0616 e. The summed E-state index contributed by atoms with van der Waals surface area (Å²) < 4.78 is 5.83. The Bertz CT molecular complexity index is 170. The van der Waals surface area contributed by atoms with Crippen LogP contribution in [0.4, 0.5) is 0 Å². The fourth-order valence-electron chi connectivity index (χ4n) is 2.40. The van der Waals surface area contributed by atoms with Gasteiger partial charge in [0.15, 0.2) is 0 Å². The minimum absolute atomic E-state index is 0.534. The molecule has 2 heteroatoms. The van der Waals surface area contributed by atoms with E-state index in [2.05, 4.69) is 26.1 Å².